The summed E-state index contributed by atoms with van der Waals surface area (Å²) >= 11 is 5.93. The second-order valence-corrected chi connectivity index (χ2v) is 6.89. The predicted molar refractivity (Wildman–Crippen MR) is 111 cm³/mol. The van der Waals surface area contributed by atoms with Crippen LogP contribution >= 0.6 is 11.6 Å². The molecule has 7 heteroatoms. The van der Waals surface area contributed by atoms with Crippen LogP contribution in [0, 0.1) is 6.92 Å². The topological polar surface area (TPSA) is 87.7 Å². The Morgan fingerprint density at radius 2 is 1.90 bits per heavy atom. The van der Waals surface area contributed by atoms with Crippen molar-refractivity contribution < 1.29 is 14.3 Å². The van der Waals surface area contributed by atoms with Gasteiger partial charge in [0.15, 0.2) is 0 Å². The van der Waals surface area contributed by atoms with Gasteiger partial charge in [-0.2, -0.15) is 0 Å². The van der Waals surface area contributed by atoms with Gasteiger partial charge in [0.2, 0.25) is 5.55 Å². The number of halogens is 1. The number of aromatic nitrogens is 1. The molecule has 0 unspecified atom stereocenters. The molecular weight excluding hydrogens is 390 g/mol. The molecule has 4 rings (SSSR count). The van der Waals surface area contributed by atoms with Gasteiger partial charge in [-0.3, -0.25) is 4.79 Å². The van der Waals surface area contributed by atoms with Crippen molar-refractivity contribution in [3.63, 3.8) is 0 Å². The van der Waals surface area contributed by atoms with Crippen LogP contribution in [0.1, 0.15) is 15.9 Å². The number of carbonyl (C=O) groups excluding carboxylic acids is 1. The Hall–Kier alpha value is -3.64. The van der Waals surface area contributed by atoms with Crippen LogP contribution in [0.25, 0.3) is 11.0 Å². The maximum atomic E-state index is 12.9. The summed E-state index contributed by atoms with van der Waals surface area (Å²) in [6, 6.07) is 16.7. The van der Waals surface area contributed by atoms with Gasteiger partial charge in [-0.25, -0.2) is 9.98 Å². The molecule has 0 saturated carbocycles. The number of pyridine rings is 1. The maximum Gasteiger partial charge on any atom is 0.262 e. The summed E-state index contributed by atoms with van der Waals surface area (Å²) in [5.74, 6) is 0.0661. The maximum absolute atomic E-state index is 12.9. The molecule has 0 bridgehead atoms. The summed E-state index contributed by atoms with van der Waals surface area (Å²) in [4.78, 5) is 21.6. The third-order valence-electron chi connectivity index (χ3n) is 4.19. The monoisotopic (exact) mass is 405 g/mol. The van der Waals surface area contributed by atoms with Crippen LogP contribution in [0.3, 0.4) is 0 Å². The Balaban J connectivity index is 1.83. The molecule has 0 saturated heterocycles. The average Bonchev–Trinajstić information content (AvgIpc) is 2.71. The lowest BCUT2D eigenvalue weighted by Crippen LogP contribution is -2.22. The van der Waals surface area contributed by atoms with E-state index in [0.29, 0.717) is 27.5 Å². The Bertz CT molecular complexity index is 1260. The smallest absolute Gasteiger partial charge is 0.262 e. The number of fused-ring (bicyclic) bond motifs is 1. The van der Waals surface area contributed by atoms with E-state index in [4.69, 9.17) is 16.0 Å². The van der Waals surface area contributed by atoms with E-state index in [1.54, 1.807) is 48.7 Å². The van der Waals surface area contributed by atoms with Crippen molar-refractivity contribution in [2.45, 2.75) is 6.92 Å². The molecule has 2 N–H and O–H groups in total. The minimum atomic E-state index is -0.409. The normalized spacial score (nSPS) is 11.6. The number of hydrogen-bond acceptors (Lipinski definition) is 5. The number of benzene rings is 2. The third kappa shape index (κ3) is 4.28. The van der Waals surface area contributed by atoms with E-state index < -0.39 is 5.91 Å². The summed E-state index contributed by atoms with van der Waals surface area (Å²) in [7, 11) is 0. The second-order valence-electron chi connectivity index (χ2n) is 6.45. The van der Waals surface area contributed by atoms with Gasteiger partial charge in [-0.15, -0.1) is 0 Å². The summed E-state index contributed by atoms with van der Waals surface area (Å²) in [5, 5.41) is 13.7. The number of phenolic OH excluding ortho intramolecular Hbond substituents is 1. The van der Waals surface area contributed by atoms with Crippen LogP contribution in [0.5, 0.6) is 5.75 Å². The first kappa shape index (κ1) is 18.7. The number of rotatable bonds is 3. The number of amides is 1. The SMILES string of the molecule is Cc1ccc(NC(=O)c2cc3ccc(O)cc3oc2=Nc2ccc(Cl)cc2)nc1. The molecule has 6 nitrogen and oxygen atoms in total. The van der Waals surface area contributed by atoms with E-state index in [-0.39, 0.29) is 16.9 Å². The number of hydrogen-bond donors (Lipinski definition) is 2. The van der Waals surface area contributed by atoms with Gasteiger partial charge in [0, 0.05) is 22.7 Å². The average molecular weight is 406 g/mol. The molecule has 2 heterocycles. The highest BCUT2D eigenvalue weighted by atomic mass is 35.5. The highest BCUT2D eigenvalue weighted by molar-refractivity contribution is 6.30. The standard InChI is InChI=1S/C22H16ClN3O3/c1-13-2-9-20(24-12-13)26-21(28)18-10-14-3-8-17(27)11-19(14)29-22(18)25-16-6-4-15(23)5-7-16/h2-12,27H,1H3,(H,24,26,28). The van der Waals surface area contributed by atoms with Crippen LogP contribution in [0.4, 0.5) is 11.5 Å². The highest BCUT2D eigenvalue weighted by Gasteiger charge is 2.14. The second kappa shape index (κ2) is 7.77. The van der Waals surface area contributed by atoms with Crippen molar-refractivity contribution in [2.24, 2.45) is 4.99 Å². The van der Waals surface area contributed by atoms with Crippen LogP contribution < -0.4 is 10.9 Å². The molecule has 144 valence electrons. The first-order chi connectivity index (χ1) is 14.0. The number of phenols is 1. The fourth-order valence-corrected chi connectivity index (χ4v) is 2.84. The van der Waals surface area contributed by atoms with Crippen molar-refractivity contribution in [2.75, 3.05) is 5.32 Å². The van der Waals surface area contributed by atoms with E-state index in [1.165, 1.54) is 12.1 Å². The number of carbonyl (C=O) groups is 1. The number of aromatic hydroxyl groups is 1. The first-order valence-corrected chi connectivity index (χ1v) is 9.17. The van der Waals surface area contributed by atoms with Gasteiger partial charge in [0.25, 0.3) is 5.91 Å². The predicted octanol–water partition coefficient (Wildman–Crippen LogP) is 4.98. The molecule has 0 spiro atoms. The zero-order valence-corrected chi connectivity index (χ0v) is 16.1. The summed E-state index contributed by atoms with van der Waals surface area (Å²) in [6.45, 7) is 1.92. The Morgan fingerprint density at radius 3 is 2.62 bits per heavy atom. The van der Waals surface area contributed by atoms with Crippen LogP contribution in [0.15, 0.2) is 76.3 Å². The highest BCUT2D eigenvalue weighted by Crippen LogP contribution is 2.21. The van der Waals surface area contributed by atoms with Gasteiger partial charge >= 0.3 is 0 Å². The zero-order valence-electron chi connectivity index (χ0n) is 15.4. The van der Waals surface area contributed by atoms with E-state index >= 15 is 0 Å². The zero-order chi connectivity index (χ0) is 20.4. The molecule has 1 amide bonds. The van der Waals surface area contributed by atoms with Crippen molar-refractivity contribution in [3.8, 4) is 5.75 Å². The lowest BCUT2D eigenvalue weighted by atomic mass is 10.1. The van der Waals surface area contributed by atoms with Crippen molar-refractivity contribution in [3.05, 3.63) is 88.6 Å². The third-order valence-corrected chi connectivity index (χ3v) is 4.44. The van der Waals surface area contributed by atoms with Crippen molar-refractivity contribution in [1.82, 2.24) is 4.98 Å². The van der Waals surface area contributed by atoms with E-state index in [1.807, 2.05) is 13.0 Å². The molecule has 0 atom stereocenters. The van der Waals surface area contributed by atoms with Crippen LogP contribution in [0.2, 0.25) is 5.02 Å². The summed E-state index contributed by atoms with van der Waals surface area (Å²) in [5.41, 5.74) is 2.31. The molecule has 29 heavy (non-hydrogen) atoms. The molecule has 0 aliphatic heterocycles. The largest absolute Gasteiger partial charge is 0.508 e. The van der Waals surface area contributed by atoms with Gasteiger partial charge in [-0.1, -0.05) is 17.7 Å². The molecule has 2 aromatic carbocycles. The Morgan fingerprint density at radius 1 is 1.10 bits per heavy atom. The van der Waals surface area contributed by atoms with Gasteiger partial charge < -0.3 is 14.8 Å². The molecule has 2 aromatic heterocycles. The summed E-state index contributed by atoms with van der Waals surface area (Å²) in [6.07, 6.45) is 1.67. The lowest BCUT2D eigenvalue weighted by molar-refractivity contribution is 0.102. The van der Waals surface area contributed by atoms with Gasteiger partial charge in [0.1, 0.15) is 22.7 Å². The number of aryl methyl sites for hydroxylation is 1. The van der Waals surface area contributed by atoms with E-state index in [9.17, 15) is 9.90 Å². The quantitative estimate of drug-likeness (QED) is 0.503. The molecule has 0 fully saturated rings. The molecule has 0 aliphatic rings. The Kier molecular flexibility index (Phi) is 5.01. The molecule has 0 radical (unpaired) electrons. The first-order valence-electron chi connectivity index (χ1n) is 8.79. The van der Waals surface area contributed by atoms with Crippen molar-refractivity contribution in [1.29, 1.82) is 0 Å². The number of nitrogens with one attached hydrogen (secondary N) is 1. The summed E-state index contributed by atoms with van der Waals surface area (Å²) < 4.78 is 5.84. The molecular formula is C22H16ClN3O3. The minimum absolute atomic E-state index is 0.0553. The minimum Gasteiger partial charge on any atom is -0.508 e. The van der Waals surface area contributed by atoms with Crippen LogP contribution in [-0.4, -0.2) is 16.0 Å². The van der Waals surface area contributed by atoms with Crippen molar-refractivity contribution >= 4 is 40.0 Å². The van der Waals surface area contributed by atoms with E-state index in [0.717, 1.165) is 5.56 Å². The number of nitrogens with zero attached hydrogens (tertiary/aromatic N) is 2. The Labute approximate surface area is 171 Å². The van der Waals surface area contributed by atoms with Gasteiger partial charge in [-0.05, 0) is 61.0 Å². The van der Waals surface area contributed by atoms with E-state index in [2.05, 4.69) is 15.3 Å². The molecule has 0 aliphatic carbocycles. The van der Waals surface area contributed by atoms with Gasteiger partial charge in [0.05, 0.1) is 5.69 Å². The lowest BCUT2D eigenvalue weighted by Gasteiger charge is -2.07. The fraction of sp³-hybridized carbons (Fsp3) is 0.0455. The molecule has 4 aromatic rings. The van der Waals surface area contributed by atoms with Crippen LogP contribution in [-0.2, 0) is 0 Å². The fourth-order valence-electron chi connectivity index (χ4n) is 2.71. The number of anilines is 1.